The Morgan fingerprint density at radius 3 is 2.58 bits per heavy atom. The Labute approximate surface area is 74.3 Å². The Morgan fingerprint density at radius 2 is 2.00 bits per heavy atom. The lowest BCUT2D eigenvalue weighted by atomic mass is 10.2. The predicted molar refractivity (Wildman–Crippen MR) is 55.5 cm³/mol. The third-order valence-electron chi connectivity index (χ3n) is 1.75. The molecular formula is C11H15N. The Kier molecular flexibility index (Phi) is 2.92. The van der Waals surface area contributed by atoms with Crippen molar-refractivity contribution < 1.29 is 0 Å². The zero-order valence-corrected chi connectivity index (χ0v) is 7.91. The molecule has 0 radical (unpaired) electrons. The largest absolute Gasteiger partial charge is 0.378 e. The van der Waals surface area contributed by atoms with E-state index in [9.17, 15) is 0 Å². The molecule has 0 fully saturated rings. The summed E-state index contributed by atoms with van der Waals surface area (Å²) >= 11 is 0. The third kappa shape index (κ3) is 2.12. The molecule has 0 atom stereocenters. The molecule has 1 nitrogen and oxygen atoms in total. The second-order valence-corrected chi connectivity index (χ2v) is 2.99. The zero-order chi connectivity index (χ0) is 8.97. The maximum absolute atomic E-state index is 2.17. The van der Waals surface area contributed by atoms with Gasteiger partial charge in [0.1, 0.15) is 0 Å². The van der Waals surface area contributed by atoms with Crippen LogP contribution >= 0.6 is 0 Å². The lowest BCUT2D eigenvalue weighted by molar-refractivity contribution is 1.13. The number of hydrogen-bond donors (Lipinski definition) is 0. The maximum atomic E-state index is 2.17. The molecule has 0 spiro atoms. The Balaban J connectivity index is 2.95. The minimum absolute atomic E-state index is 1.24. The van der Waals surface area contributed by atoms with E-state index in [1.54, 1.807) is 0 Å². The molecule has 0 aliphatic rings. The molecule has 0 bridgehead atoms. The number of benzene rings is 1. The van der Waals surface area contributed by atoms with Crippen molar-refractivity contribution in [3.05, 3.63) is 35.9 Å². The van der Waals surface area contributed by atoms with Crippen LogP contribution in [-0.4, -0.2) is 14.1 Å². The van der Waals surface area contributed by atoms with Gasteiger partial charge in [0.2, 0.25) is 0 Å². The van der Waals surface area contributed by atoms with Gasteiger partial charge in [-0.25, -0.2) is 0 Å². The molecular weight excluding hydrogens is 146 g/mol. The Hall–Kier alpha value is -1.24. The standard InChI is InChI=1S/C11H15N/c1-4-6-10-7-5-8-11(9-10)12(2)3/h4-9H,1-3H3/b6-4+. The summed E-state index contributed by atoms with van der Waals surface area (Å²) in [5.74, 6) is 0. The predicted octanol–water partition coefficient (Wildman–Crippen LogP) is 2.79. The lowest BCUT2D eigenvalue weighted by Crippen LogP contribution is -2.08. The molecule has 64 valence electrons. The molecule has 1 aromatic rings. The van der Waals surface area contributed by atoms with Crippen LogP contribution < -0.4 is 4.90 Å². The molecule has 0 N–H and O–H groups in total. The van der Waals surface area contributed by atoms with Crippen LogP contribution in [0.1, 0.15) is 12.5 Å². The van der Waals surface area contributed by atoms with Crippen molar-refractivity contribution >= 4 is 11.8 Å². The van der Waals surface area contributed by atoms with E-state index in [-0.39, 0.29) is 0 Å². The number of allylic oxidation sites excluding steroid dienone is 1. The highest BCUT2D eigenvalue weighted by Gasteiger charge is 1.93. The van der Waals surface area contributed by atoms with Gasteiger partial charge in [0.15, 0.2) is 0 Å². The van der Waals surface area contributed by atoms with Gasteiger partial charge in [0.05, 0.1) is 0 Å². The van der Waals surface area contributed by atoms with Gasteiger partial charge in [0, 0.05) is 19.8 Å². The third-order valence-corrected chi connectivity index (χ3v) is 1.75. The van der Waals surface area contributed by atoms with E-state index >= 15 is 0 Å². The van der Waals surface area contributed by atoms with Crippen LogP contribution in [0.4, 0.5) is 5.69 Å². The van der Waals surface area contributed by atoms with E-state index < -0.39 is 0 Å². The van der Waals surface area contributed by atoms with E-state index in [1.165, 1.54) is 11.3 Å². The van der Waals surface area contributed by atoms with E-state index in [1.807, 2.05) is 6.92 Å². The summed E-state index contributed by atoms with van der Waals surface area (Å²) in [5.41, 5.74) is 2.49. The van der Waals surface area contributed by atoms with Gasteiger partial charge in [-0.15, -0.1) is 0 Å². The zero-order valence-electron chi connectivity index (χ0n) is 7.91. The summed E-state index contributed by atoms with van der Waals surface area (Å²) in [7, 11) is 4.10. The Morgan fingerprint density at radius 1 is 1.25 bits per heavy atom. The minimum atomic E-state index is 1.24. The molecule has 0 aliphatic heterocycles. The van der Waals surface area contributed by atoms with E-state index in [0.29, 0.717) is 0 Å². The van der Waals surface area contributed by atoms with Crippen molar-refractivity contribution in [3.8, 4) is 0 Å². The smallest absolute Gasteiger partial charge is 0.0367 e. The second kappa shape index (κ2) is 3.96. The highest BCUT2D eigenvalue weighted by Crippen LogP contribution is 2.13. The number of rotatable bonds is 2. The summed E-state index contributed by atoms with van der Waals surface area (Å²) < 4.78 is 0. The summed E-state index contributed by atoms with van der Waals surface area (Å²) in [4.78, 5) is 2.10. The molecule has 1 aromatic carbocycles. The number of nitrogens with zero attached hydrogens (tertiary/aromatic N) is 1. The maximum Gasteiger partial charge on any atom is 0.0367 e. The molecule has 1 rings (SSSR count). The number of hydrogen-bond acceptors (Lipinski definition) is 1. The van der Waals surface area contributed by atoms with Gasteiger partial charge < -0.3 is 4.90 Å². The minimum Gasteiger partial charge on any atom is -0.378 e. The molecule has 0 saturated carbocycles. The van der Waals surface area contributed by atoms with E-state index in [0.717, 1.165) is 0 Å². The normalized spacial score (nSPS) is 10.6. The van der Waals surface area contributed by atoms with Gasteiger partial charge >= 0.3 is 0 Å². The van der Waals surface area contributed by atoms with Crippen LogP contribution in [0.2, 0.25) is 0 Å². The van der Waals surface area contributed by atoms with Gasteiger partial charge in [0.25, 0.3) is 0 Å². The first-order chi connectivity index (χ1) is 5.74. The van der Waals surface area contributed by atoms with Crippen LogP contribution in [0.25, 0.3) is 6.08 Å². The quantitative estimate of drug-likeness (QED) is 0.644. The summed E-state index contributed by atoms with van der Waals surface area (Å²) in [5, 5.41) is 0. The molecule has 0 aromatic heterocycles. The summed E-state index contributed by atoms with van der Waals surface area (Å²) in [6.07, 6.45) is 4.15. The van der Waals surface area contributed by atoms with E-state index in [2.05, 4.69) is 55.4 Å². The van der Waals surface area contributed by atoms with Crippen molar-refractivity contribution in [2.24, 2.45) is 0 Å². The first kappa shape index (κ1) is 8.85. The monoisotopic (exact) mass is 161 g/mol. The van der Waals surface area contributed by atoms with Crippen molar-refractivity contribution in [1.82, 2.24) is 0 Å². The summed E-state index contributed by atoms with van der Waals surface area (Å²) in [6.45, 7) is 2.03. The van der Waals surface area contributed by atoms with E-state index in [4.69, 9.17) is 0 Å². The highest BCUT2D eigenvalue weighted by atomic mass is 15.1. The molecule has 0 heterocycles. The van der Waals surface area contributed by atoms with Gasteiger partial charge in [-0.1, -0.05) is 24.3 Å². The van der Waals surface area contributed by atoms with Crippen LogP contribution in [-0.2, 0) is 0 Å². The number of anilines is 1. The van der Waals surface area contributed by atoms with Gasteiger partial charge in [-0.05, 0) is 24.6 Å². The first-order valence-electron chi connectivity index (χ1n) is 4.14. The van der Waals surface area contributed by atoms with Crippen LogP contribution in [0, 0.1) is 0 Å². The fourth-order valence-corrected chi connectivity index (χ4v) is 1.10. The topological polar surface area (TPSA) is 3.24 Å². The lowest BCUT2D eigenvalue weighted by Gasteiger charge is -2.12. The van der Waals surface area contributed by atoms with Crippen LogP contribution in [0.3, 0.4) is 0 Å². The van der Waals surface area contributed by atoms with Gasteiger partial charge in [-0.2, -0.15) is 0 Å². The SMILES string of the molecule is C/C=C/c1cccc(N(C)C)c1. The molecule has 1 heteroatoms. The molecule has 0 saturated heterocycles. The average molecular weight is 161 g/mol. The molecule has 0 aliphatic carbocycles. The van der Waals surface area contributed by atoms with Crippen LogP contribution in [0.15, 0.2) is 30.3 Å². The highest BCUT2D eigenvalue weighted by molar-refractivity contribution is 5.57. The summed E-state index contributed by atoms with van der Waals surface area (Å²) in [6, 6.07) is 8.45. The van der Waals surface area contributed by atoms with Crippen molar-refractivity contribution in [2.45, 2.75) is 6.92 Å². The van der Waals surface area contributed by atoms with Crippen LogP contribution in [0.5, 0.6) is 0 Å². The Bertz CT molecular complexity index is 274. The average Bonchev–Trinajstić information content (AvgIpc) is 2.05. The molecule has 12 heavy (non-hydrogen) atoms. The second-order valence-electron chi connectivity index (χ2n) is 2.99. The molecule has 0 amide bonds. The van der Waals surface area contributed by atoms with Crippen molar-refractivity contribution in [2.75, 3.05) is 19.0 Å². The van der Waals surface area contributed by atoms with Crippen molar-refractivity contribution in [3.63, 3.8) is 0 Å². The molecule has 0 unspecified atom stereocenters. The fourth-order valence-electron chi connectivity index (χ4n) is 1.10. The van der Waals surface area contributed by atoms with Gasteiger partial charge in [-0.3, -0.25) is 0 Å². The fraction of sp³-hybridized carbons (Fsp3) is 0.273. The first-order valence-corrected chi connectivity index (χ1v) is 4.14. The van der Waals surface area contributed by atoms with Crippen molar-refractivity contribution in [1.29, 1.82) is 0 Å².